The van der Waals surface area contributed by atoms with E-state index in [9.17, 15) is 0 Å². The van der Waals surface area contributed by atoms with Crippen molar-refractivity contribution < 1.29 is 0 Å². The van der Waals surface area contributed by atoms with Gasteiger partial charge in [-0.3, -0.25) is 0 Å². The van der Waals surface area contributed by atoms with Crippen LogP contribution in [-0.4, -0.2) is 16.5 Å². The summed E-state index contributed by atoms with van der Waals surface area (Å²) >= 11 is 11.5. The topological polar surface area (TPSA) is 52.0 Å². The molecule has 0 saturated heterocycles. The number of nitrogen functional groups attached to an aromatic ring is 2. The van der Waals surface area contributed by atoms with Gasteiger partial charge < -0.3 is 11.5 Å². The quantitative estimate of drug-likeness (QED) is 0.147. The largest absolute Gasteiger partial charge is 0.398 e. The molecule has 0 bridgehead atoms. The van der Waals surface area contributed by atoms with E-state index in [-0.39, 0.29) is 0 Å². The fourth-order valence-corrected chi connectivity index (χ4v) is 5.67. The number of allylic oxidation sites excluding steroid dienone is 6. The summed E-state index contributed by atoms with van der Waals surface area (Å²) in [5, 5.41) is 1.67. The van der Waals surface area contributed by atoms with Crippen LogP contribution >= 0.6 is 36.2 Å². The second-order valence-electron chi connectivity index (χ2n) is 12.0. The smallest absolute Gasteiger partial charge is 0.0413 e. The minimum Gasteiger partial charge on any atom is -0.398 e. The molecule has 0 spiro atoms. The number of hydrogen-bond acceptors (Lipinski definition) is 5. The fourth-order valence-electron chi connectivity index (χ4n) is 4.85. The lowest BCUT2D eigenvalue weighted by atomic mass is 10.0. The van der Waals surface area contributed by atoms with Gasteiger partial charge in [-0.05, 0) is 111 Å². The molecule has 4 aromatic carbocycles. The molecule has 1 aliphatic rings. The minimum absolute atomic E-state index is 0.726. The Labute approximate surface area is 318 Å². The van der Waals surface area contributed by atoms with Crippen molar-refractivity contribution in [1.29, 1.82) is 0 Å². The highest BCUT2D eigenvalue weighted by Gasteiger charge is 2.06. The third kappa shape index (κ3) is 17.6. The zero-order valence-electron chi connectivity index (χ0n) is 31.1. The predicted octanol–water partition coefficient (Wildman–Crippen LogP) is 13.0. The number of nitrogens with two attached hydrogens (primary N) is 2. The summed E-state index contributed by atoms with van der Waals surface area (Å²) in [5.41, 5.74) is 24.9. The molecule has 5 heteroatoms. The summed E-state index contributed by atoms with van der Waals surface area (Å²) in [5.74, 6) is 1.09. The highest BCUT2D eigenvalue weighted by atomic mass is 32.2. The predicted molar refractivity (Wildman–Crippen MR) is 238 cm³/mol. The Hall–Kier alpha value is -4.03. The first-order valence-electron chi connectivity index (χ1n) is 16.8. The zero-order chi connectivity index (χ0) is 37.5. The average Bonchev–Trinajstić information content (AvgIpc) is 3.10. The highest BCUT2D eigenvalue weighted by Crippen LogP contribution is 2.28. The van der Waals surface area contributed by atoms with Crippen molar-refractivity contribution in [2.75, 3.05) is 17.7 Å². The van der Waals surface area contributed by atoms with Gasteiger partial charge in [0.1, 0.15) is 0 Å². The lowest BCUT2D eigenvalue weighted by Gasteiger charge is -2.10. The molecule has 0 atom stereocenters. The van der Waals surface area contributed by atoms with Crippen LogP contribution in [0.25, 0.3) is 11.1 Å². The number of aryl methyl sites for hydroxylation is 3. The van der Waals surface area contributed by atoms with Crippen LogP contribution in [0.15, 0.2) is 128 Å². The molecule has 264 valence electrons. The number of hydrogen-bond donors (Lipinski definition) is 2. The molecule has 0 aromatic heterocycles. The summed E-state index contributed by atoms with van der Waals surface area (Å²) < 4.78 is 0. The average molecular weight is 721 g/mol. The van der Waals surface area contributed by atoms with E-state index in [1.54, 1.807) is 5.37 Å². The minimum atomic E-state index is 0.726. The summed E-state index contributed by atoms with van der Waals surface area (Å²) in [7, 11) is 0. The number of thioether (sulfide) groups is 1. The van der Waals surface area contributed by atoms with E-state index in [0.717, 1.165) is 57.1 Å². The molecule has 0 unspecified atom stereocenters. The van der Waals surface area contributed by atoms with Gasteiger partial charge in [-0.25, -0.2) is 0 Å². The van der Waals surface area contributed by atoms with Gasteiger partial charge in [0, 0.05) is 32.9 Å². The van der Waals surface area contributed by atoms with Crippen LogP contribution in [0.5, 0.6) is 0 Å². The maximum absolute atomic E-state index is 5.86. The van der Waals surface area contributed by atoms with E-state index < -0.39 is 0 Å². The van der Waals surface area contributed by atoms with Gasteiger partial charge in [0.05, 0.1) is 0 Å². The Balaban J connectivity index is 0.000000319. The Morgan fingerprint density at radius 2 is 1.38 bits per heavy atom. The van der Waals surface area contributed by atoms with Crippen molar-refractivity contribution in [2.24, 2.45) is 0 Å². The van der Waals surface area contributed by atoms with Crippen molar-refractivity contribution in [1.82, 2.24) is 0 Å². The zero-order valence-corrected chi connectivity index (χ0v) is 33.5. The Kier molecular flexibility index (Phi) is 22.0. The highest BCUT2D eigenvalue weighted by molar-refractivity contribution is 7.97. The molecule has 0 radical (unpaired) electrons. The number of benzene rings is 4. The van der Waals surface area contributed by atoms with Crippen molar-refractivity contribution in [3.8, 4) is 0 Å². The Bertz CT molecular complexity index is 1700. The van der Waals surface area contributed by atoms with E-state index in [1.807, 2.05) is 86.3 Å². The maximum Gasteiger partial charge on any atom is 0.0413 e. The van der Waals surface area contributed by atoms with Crippen LogP contribution in [0.2, 0.25) is 0 Å². The first-order valence-corrected chi connectivity index (χ1v) is 19.1. The van der Waals surface area contributed by atoms with Crippen molar-refractivity contribution in [2.45, 2.75) is 66.6 Å². The summed E-state index contributed by atoms with van der Waals surface area (Å²) in [6.07, 6.45) is 11.9. The van der Waals surface area contributed by atoms with E-state index in [1.165, 1.54) is 39.8 Å². The van der Waals surface area contributed by atoms with Gasteiger partial charge in [0.25, 0.3) is 0 Å². The van der Waals surface area contributed by atoms with Crippen molar-refractivity contribution >= 4 is 69.0 Å². The molecule has 0 fully saturated rings. The SMILES string of the molecule is C=C(C)c1c(N)cc(CC)cc1N.C=C(C)c1ccc(CSC)cc1C.CC(=S)C1=CCCC=C1.Cc1ccccc1.S=Cc1ccccc1. The van der Waals surface area contributed by atoms with Gasteiger partial charge in [-0.1, -0.05) is 153 Å². The van der Waals surface area contributed by atoms with Crippen LogP contribution in [0.1, 0.15) is 79.5 Å². The number of rotatable bonds is 7. The van der Waals surface area contributed by atoms with Crippen molar-refractivity contribution in [3.05, 3.63) is 167 Å². The second-order valence-corrected chi connectivity index (χ2v) is 13.7. The van der Waals surface area contributed by atoms with Gasteiger partial charge in [0.15, 0.2) is 0 Å². The first kappa shape index (κ1) is 44.0. The Morgan fingerprint density at radius 1 is 0.800 bits per heavy atom. The molecule has 0 heterocycles. The molecule has 4 N–H and O–H groups in total. The fraction of sp³-hybridized carbons (Fsp3) is 0.244. The van der Waals surface area contributed by atoms with Crippen LogP contribution < -0.4 is 11.5 Å². The lowest BCUT2D eigenvalue weighted by molar-refractivity contribution is 1.03. The summed E-state index contributed by atoms with van der Waals surface area (Å²) in [6.45, 7) is 20.0. The number of anilines is 2. The van der Waals surface area contributed by atoms with Crippen LogP contribution in [0.4, 0.5) is 11.4 Å². The van der Waals surface area contributed by atoms with Gasteiger partial charge >= 0.3 is 0 Å². The van der Waals surface area contributed by atoms with Crippen molar-refractivity contribution in [3.63, 3.8) is 0 Å². The van der Waals surface area contributed by atoms with Crippen LogP contribution in [-0.2, 0) is 12.2 Å². The van der Waals surface area contributed by atoms with E-state index in [0.29, 0.717) is 0 Å². The monoisotopic (exact) mass is 720 g/mol. The molecule has 0 amide bonds. The molecule has 50 heavy (non-hydrogen) atoms. The van der Waals surface area contributed by atoms with Gasteiger partial charge in [0.2, 0.25) is 0 Å². The van der Waals surface area contributed by atoms with E-state index >= 15 is 0 Å². The summed E-state index contributed by atoms with van der Waals surface area (Å²) in [6, 6.07) is 30.7. The third-order valence-electron chi connectivity index (χ3n) is 7.43. The molecule has 4 aromatic rings. The van der Waals surface area contributed by atoms with Crippen LogP contribution in [0.3, 0.4) is 0 Å². The van der Waals surface area contributed by atoms with Crippen LogP contribution in [0, 0.1) is 13.8 Å². The molecular weight excluding hydrogens is 665 g/mol. The first-order chi connectivity index (χ1) is 23.8. The standard InChI is InChI=1S/C12H16S.C11H16N2.C8H10S.C7H6S.C7H8/c1-9(2)12-6-5-11(8-13-4)7-10(12)3;1-4-8-5-9(12)11(7(2)3)10(13)6-8;1-7(9)8-5-3-2-4-6-8;8-6-7-4-2-1-3-5-7;1-7-5-3-2-4-6-7/h5-7H,1,8H2,2-4H3;5-6H,2,4,12-13H2,1,3H3;3,5-6H,2,4H2,1H3;1-6H;2-6H,1H3. The van der Waals surface area contributed by atoms with E-state index in [2.05, 4.69) is 95.7 Å². The lowest BCUT2D eigenvalue weighted by Crippen LogP contribution is -2.00. The van der Waals surface area contributed by atoms with Gasteiger partial charge in [-0.2, -0.15) is 11.8 Å². The molecular formula is C45H56N2S3. The molecule has 1 aliphatic carbocycles. The second kappa shape index (κ2) is 25.0. The molecule has 5 rings (SSSR count). The van der Waals surface area contributed by atoms with Gasteiger partial charge in [-0.15, -0.1) is 0 Å². The third-order valence-corrected chi connectivity index (χ3v) is 8.56. The summed E-state index contributed by atoms with van der Waals surface area (Å²) in [4.78, 5) is 1.01. The molecule has 0 aliphatic heterocycles. The Morgan fingerprint density at radius 3 is 1.72 bits per heavy atom. The maximum atomic E-state index is 5.86. The normalized spacial score (nSPS) is 10.9. The number of thiocarbonyl (C=S) groups is 2. The molecule has 2 nitrogen and oxygen atoms in total. The van der Waals surface area contributed by atoms with E-state index in [4.69, 9.17) is 35.9 Å². The molecule has 0 saturated carbocycles.